The summed E-state index contributed by atoms with van der Waals surface area (Å²) in [5.74, 6) is 0.491. The van der Waals surface area contributed by atoms with Crippen LogP contribution in [0.2, 0.25) is 0 Å². The monoisotopic (exact) mass is 390 g/mol. The summed E-state index contributed by atoms with van der Waals surface area (Å²) in [6, 6.07) is 25.7. The van der Waals surface area contributed by atoms with Crippen molar-refractivity contribution in [1.82, 2.24) is 0 Å². The Morgan fingerprint density at radius 3 is 2.36 bits per heavy atom. The van der Waals surface area contributed by atoms with Gasteiger partial charge in [0, 0.05) is 24.2 Å². The minimum atomic E-state index is -3.50. The van der Waals surface area contributed by atoms with Gasteiger partial charge >= 0.3 is 0 Å². The van der Waals surface area contributed by atoms with Gasteiger partial charge in [0.25, 0.3) is 10.0 Å². The van der Waals surface area contributed by atoms with Gasteiger partial charge in [0.1, 0.15) is 0 Å². The molecule has 0 radical (unpaired) electrons. The molecule has 4 nitrogen and oxygen atoms in total. The molecule has 1 aliphatic carbocycles. The zero-order valence-corrected chi connectivity index (χ0v) is 16.3. The van der Waals surface area contributed by atoms with Crippen molar-refractivity contribution in [2.45, 2.75) is 29.7 Å². The number of sulfonamides is 1. The number of hydrogen-bond acceptors (Lipinski definition) is 3. The Hall–Kier alpha value is -2.79. The molecule has 0 unspecified atom stereocenters. The first-order valence-electron chi connectivity index (χ1n) is 9.65. The molecule has 0 amide bonds. The van der Waals surface area contributed by atoms with Crippen LogP contribution in [0.15, 0.2) is 83.8 Å². The summed E-state index contributed by atoms with van der Waals surface area (Å²) in [5.41, 5.74) is 4.39. The third-order valence-electron chi connectivity index (χ3n) is 5.63. The Kier molecular flexibility index (Phi) is 4.13. The van der Waals surface area contributed by atoms with Crippen molar-refractivity contribution in [2.24, 2.45) is 0 Å². The van der Waals surface area contributed by atoms with Crippen molar-refractivity contribution in [2.75, 3.05) is 16.2 Å². The van der Waals surface area contributed by atoms with E-state index in [4.69, 9.17) is 0 Å². The first kappa shape index (κ1) is 17.3. The number of benzene rings is 3. The maximum atomic E-state index is 13.0. The third-order valence-corrected chi connectivity index (χ3v) is 7.46. The Labute approximate surface area is 165 Å². The van der Waals surface area contributed by atoms with Crippen molar-refractivity contribution < 1.29 is 8.42 Å². The van der Waals surface area contributed by atoms with E-state index in [2.05, 4.69) is 29.6 Å². The highest BCUT2D eigenvalue weighted by Crippen LogP contribution is 2.45. The Morgan fingerprint density at radius 2 is 1.61 bits per heavy atom. The molecule has 0 aromatic heterocycles. The second kappa shape index (κ2) is 6.67. The van der Waals surface area contributed by atoms with Crippen molar-refractivity contribution in [3.05, 3.63) is 90.0 Å². The van der Waals surface area contributed by atoms with E-state index in [0.717, 1.165) is 29.8 Å². The minimum absolute atomic E-state index is 0.348. The van der Waals surface area contributed by atoms with Crippen LogP contribution in [0.3, 0.4) is 0 Å². The zero-order chi connectivity index (χ0) is 19.1. The van der Waals surface area contributed by atoms with Gasteiger partial charge in [-0.1, -0.05) is 48.5 Å². The SMILES string of the molecule is O=S(=O)(c1ccccc1)N1CCc2cc([C@@H]3C[C@H]3Nc3ccccc3)ccc21. The van der Waals surface area contributed by atoms with E-state index in [-0.39, 0.29) is 0 Å². The summed E-state index contributed by atoms with van der Waals surface area (Å²) < 4.78 is 27.5. The van der Waals surface area contributed by atoms with Crippen LogP contribution in [0.5, 0.6) is 0 Å². The number of anilines is 2. The number of fused-ring (bicyclic) bond motifs is 1. The minimum Gasteiger partial charge on any atom is -0.382 e. The van der Waals surface area contributed by atoms with Gasteiger partial charge in [-0.25, -0.2) is 8.42 Å². The summed E-state index contributed by atoms with van der Waals surface area (Å²) in [7, 11) is -3.50. The molecule has 2 atom stereocenters. The molecule has 142 valence electrons. The van der Waals surface area contributed by atoms with Gasteiger partial charge in [0.2, 0.25) is 0 Å². The smallest absolute Gasteiger partial charge is 0.264 e. The van der Waals surface area contributed by atoms with Crippen molar-refractivity contribution in [1.29, 1.82) is 0 Å². The van der Waals surface area contributed by atoms with E-state index in [1.54, 1.807) is 28.6 Å². The summed E-state index contributed by atoms with van der Waals surface area (Å²) >= 11 is 0. The van der Waals surface area contributed by atoms with Crippen LogP contribution in [-0.2, 0) is 16.4 Å². The van der Waals surface area contributed by atoms with Gasteiger partial charge in [0.05, 0.1) is 10.6 Å². The number of rotatable bonds is 5. The lowest BCUT2D eigenvalue weighted by Crippen LogP contribution is -2.29. The highest BCUT2D eigenvalue weighted by molar-refractivity contribution is 7.92. The van der Waals surface area contributed by atoms with Crippen LogP contribution in [0, 0.1) is 0 Å². The van der Waals surface area contributed by atoms with Gasteiger partial charge in [0.15, 0.2) is 0 Å². The van der Waals surface area contributed by atoms with Crippen molar-refractivity contribution in [3.63, 3.8) is 0 Å². The van der Waals surface area contributed by atoms with Gasteiger partial charge in [-0.15, -0.1) is 0 Å². The molecule has 2 aliphatic rings. The highest BCUT2D eigenvalue weighted by Gasteiger charge is 2.39. The Morgan fingerprint density at radius 1 is 0.893 bits per heavy atom. The lowest BCUT2D eigenvalue weighted by molar-refractivity contribution is 0.592. The average Bonchev–Trinajstić information content (AvgIpc) is 3.35. The molecule has 0 saturated heterocycles. The van der Waals surface area contributed by atoms with Crippen LogP contribution < -0.4 is 9.62 Å². The Bertz CT molecular complexity index is 1100. The first-order chi connectivity index (χ1) is 13.6. The van der Waals surface area contributed by atoms with E-state index in [0.29, 0.717) is 23.4 Å². The number of nitrogens with zero attached hydrogens (tertiary/aromatic N) is 1. The maximum Gasteiger partial charge on any atom is 0.264 e. The topological polar surface area (TPSA) is 49.4 Å². The molecular formula is C23H22N2O2S. The van der Waals surface area contributed by atoms with Gasteiger partial charge in [-0.2, -0.15) is 0 Å². The molecule has 1 saturated carbocycles. The van der Waals surface area contributed by atoms with E-state index in [1.165, 1.54) is 5.56 Å². The zero-order valence-electron chi connectivity index (χ0n) is 15.5. The lowest BCUT2D eigenvalue weighted by Gasteiger charge is -2.19. The van der Waals surface area contributed by atoms with Crippen LogP contribution >= 0.6 is 0 Å². The number of para-hydroxylation sites is 1. The molecule has 28 heavy (non-hydrogen) atoms. The number of hydrogen-bond donors (Lipinski definition) is 1. The van der Waals surface area contributed by atoms with E-state index in [1.807, 2.05) is 30.3 Å². The standard InChI is InChI=1S/C23H22N2O2S/c26-28(27,20-9-5-2-6-10-20)25-14-13-18-15-17(11-12-23(18)25)21-16-22(21)24-19-7-3-1-4-8-19/h1-12,15,21-22,24H,13-14,16H2/t21-,22+/m0/s1. The summed E-state index contributed by atoms with van der Waals surface area (Å²) in [6.45, 7) is 0.506. The van der Waals surface area contributed by atoms with Crippen molar-refractivity contribution in [3.8, 4) is 0 Å². The molecule has 1 N–H and O–H groups in total. The van der Waals surface area contributed by atoms with Gasteiger partial charge in [-0.05, 0) is 54.3 Å². The normalized spacial score (nSPS) is 20.6. The third kappa shape index (κ3) is 3.06. The quantitative estimate of drug-likeness (QED) is 0.702. The summed E-state index contributed by atoms with van der Waals surface area (Å²) in [6.07, 6.45) is 1.87. The van der Waals surface area contributed by atoms with E-state index < -0.39 is 10.0 Å². The summed E-state index contributed by atoms with van der Waals surface area (Å²) in [5, 5.41) is 3.58. The number of nitrogens with one attached hydrogen (secondary N) is 1. The highest BCUT2D eigenvalue weighted by atomic mass is 32.2. The maximum absolute atomic E-state index is 13.0. The molecular weight excluding hydrogens is 368 g/mol. The fourth-order valence-electron chi connectivity index (χ4n) is 4.06. The molecule has 0 spiro atoms. The molecule has 3 aromatic carbocycles. The van der Waals surface area contributed by atoms with Crippen LogP contribution in [0.25, 0.3) is 0 Å². The van der Waals surface area contributed by atoms with Crippen LogP contribution in [-0.4, -0.2) is 21.0 Å². The predicted molar refractivity (Wildman–Crippen MR) is 112 cm³/mol. The van der Waals surface area contributed by atoms with Gasteiger partial charge in [-0.3, -0.25) is 4.31 Å². The second-order valence-electron chi connectivity index (χ2n) is 7.49. The molecule has 5 rings (SSSR count). The first-order valence-corrected chi connectivity index (χ1v) is 11.1. The van der Waals surface area contributed by atoms with Gasteiger partial charge < -0.3 is 5.32 Å². The molecule has 1 fully saturated rings. The largest absolute Gasteiger partial charge is 0.382 e. The molecule has 0 bridgehead atoms. The molecule has 1 aliphatic heterocycles. The fourth-order valence-corrected chi connectivity index (χ4v) is 5.59. The van der Waals surface area contributed by atoms with E-state index in [9.17, 15) is 8.42 Å². The fraction of sp³-hybridized carbons (Fsp3) is 0.217. The predicted octanol–water partition coefficient (Wildman–Crippen LogP) is 4.41. The average molecular weight is 391 g/mol. The summed E-state index contributed by atoms with van der Waals surface area (Å²) in [4.78, 5) is 0.348. The second-order valence-corrected chi connectivity index (χ2v) is 9.35. The molecule has 1 heterocycles. The molecule has 3 aromatic rings. The lowest BCUT2D eigenvalue weighted by atomic mass is 10.0. The Balaban J connectivity index is 1.35. The van der Waals surface area contributed by atoms with Crippen molar-refractivity contribution >= 4 is 21.4 Å². The van der Waals surface area contributed by atoms with Crippen LogP contribution in [0.1, 0.15) is 23.5 Å². The van der Waals surface area contributed by atoms with Crippen LogP contribution in [0.4, 0.5) is 11.4 Å². The van der Waals surface area contributed by atoms with E-state index >= 15 is 0 Å². The molecule has 5 heteroatoms.